The summed E-state index contributed by atoms with van der Waals surface area (Å²) in [7, 11) is 1.36. The standard InChI is InChI=1S/C33H24N6O5/c1-44-26-16-18(39(42)43)14-15-25(26)38-30(40)28-27-19-8-2-4-10-21(19)33(29(28)31(38)41,22-11-5-3-9-20(22)27)17-34-37-32-35-23-12-6-7-13-24(23)36-32/h2-17,27-29H,1H3,(H2,35,36,37)/b34-17-/t27?,28-,29+,33?/m1/s1. The van der Waals surface area contributed by atoms with Gasteiger partial charge in [-0.3, -0.25) is 19.7 Å². The van der Waals surface area contributed by atoms with Crippen LogP contribution in [-0.4, -0.2) is 40.0 Å². The number of amides is 2. The van der Waals surface area contributed by atoms with Crippen molar-refractivity contribution in [1.29, 1.82) is 0 Å². The predicted molar refractivity (Wildman–Crippen MR) is 163 cm³/mol. The molecule has 2 bridgehead atoms. The monoisotopic (exact) mass is 584 g/mol. The third kappa shape index (κ3) is 3.37. The second-order valence-electron chi connectivity index (χ2n) is 11.1. The Labute approximate surface area is 250 Å². The molecule has 1 fully saturated rings. The smallest absolute Gasteiger partial charge is 0.273 e. The molecular weight excluding hydrogens is 560 g/mol. The third-order valence-corrected chi connectivity index (χ3v) is 9.13. The number of fused-ring (bicyclic) bond motifs is 1. The average molecular weight is 585 g/mol. The van der Waals surface area contributed by atoms with Gasteiger partial charge in [0.15, 0.2) is 0 Å². The van der Waals surface area contributed by atoms with E-state index in [0.717, 1.165) is 38.2 Å². The molecule has 4 aliphatic rings. The lowest BCUT2D eigenvalue weighted by Crippen LogP contribution is -2.54. The number of nitro benzene ring substituents is 1. The Hall–Kier alpha value is -5.84. The van der Waals surface area contributed by atoms with E-state index in [-0.39, 0.29) is 28.9 Å². The van der Waals surface area contributed by atoms with Crippen molar-refractivity contribution in [3.05, 3.63) is 123 Å². The molecule has 1 saturated heterocycles. The summed E-state index contributed by atoms with van der Waals surface area (Å²) in [6.07, 6.45) is 1.73. The largest absolute Gasteiger partial charge is 0.494 e. The van der Waals surface area contributed by atoms with Crippen molar-refractivity contribution in [2.45, 2.75) is 11.3 Å². The summed E-state index contributed by atoms with van der Waals surface area (Å²) in [5.41, 5.74) is 7.23. The Balaban J connectivity index is 1.31. The van der Waals surface area contributed by atoms with E-state index in [2.05, 4.69) is 20.5 Å². The highest BCUT2D eigenvalue weighted by Gasteiger charge is 2.68. The first-order valence-electron chi connectivity index (χ1n) is 14.1. The molecule has 2 heterocycles. The van der Waals surface area contributed by atoms with Crippen LogP contribution in [-0.2, 0) is 15.0 Å². The summed E-state index contributed by atoms with van der Waals surface area (Å²) in [5, 5.41) is 16.1. The molecule has 2 atom stereocenters. The van der Waals surface area contributed by atoms with E-state index in [1.165, 1.54) is 25.3 Å². The Morgan fingerprint density at radius 1 is 0.977 bits per heavy atom. The maximum Gasteiger partial charge on any atom is 0.273 e. The van der Waals surface area contributed by atoms with E-state index in [4.69, 9.17) is 4.74 Å². The van der Waals surface area contributed by atoms with Crippen LogP contribution in [0.25, 0.3) is 11.0 Å². The van der Waals surface area contributed by atoms with Crippen LogP contribution >= 0.6 is 0 Å². The summed E-state index contributed by atoms with van der Waals surface area (Å²) in [6.45, 7) is 0. The number of para-hydroxylation sites is 2. The quantitative estimate of drug-likeness (QED) is 0.122. The van der Waals surface area contributed by atoms with Gasteiger partial charge in [0.1, 0.15) is 5.75 Å². The van der Waals surface area contributed by atoms with Gasteiger partial charge in [-0.25, -0.2) is 15.3 Å². The number of non-ortho nitro benzene ring substituents is 1. The topological polar surface area (TPSA) is 143 Å². The van der Waals surface area contributed by atoms with Gasteiger partial charge in [0.05, 0.1) is 52.1 Å². The number of nitrogens with zero attached hydrogens (tertiary/aromatic N) is 4. The first-order chi connectivity index (χ1) is 21.4. The lowest BCUT2D eigenvalue weighted by Gasteiger charge is -2.52. The van der Waals surface area contributed by atoms with E-state index in [1.807, 2.05) is 72.8 Å². The highest BCUT2D eigenvalue weighted by atomic mass is 16.6. The first kappa shape index (κ1) is 25.8. The predicted octanol–water partition coefficient (Wildman–Crippen LogP) is 5.13. The summed E-state index contributed by atoms with van der Waals surface area (Å²) in [6, 6.07) is 27.3. The number of H-pyrrole nitrogens is 1. The zero-order valence-corrected chi connectivity index (χ0v) is 23.3. The molecular formula is C33H24N6O5. The number of aromatic amines is 1. The zero-order chi connectivity index (χ0) is 30.2. The van der Waals surface area contributed by atoms with E-state index >= 15 is 0 Å². The number of methoxy groups -OCH3 is 1. The minimum atomic E-state index is -1.10. The van der Waals surface area contributed by atoms with Crippen molar-refractivity contribution in [2.24, 2.45) is 16.9 Å². The number of imidazole rings is 1. The first-order valence-corrected chi connectivity index (χ1v) is 14.1. The van der Waals surface area contributed by atoms with Gasteiger partial charge in [-0.1, -0.05) is 60.7 Å². The molecule has 0 spiro atoms. The van der Waals surface area contributed by atoms with Gasteiger partial charge in [0.2, 0.25) is 17.8 Å². The van der Waals surface area contributed by atoms with Crippen LogP contribution in [0.5, 0.6) is 5.75 Å². The number of hydrazone groups is 1. The number of carbonyl (C=O) groups is 2. The van der Waals surface area contributed by atoms with Crippen molar-refractivity contribution < 1.29 is 19.2 Å². The van der Waals surface area contributed by atoms with Crippen molar-refractivity contribution in [3.8, 4) is 5.75 Å². The van der Waals surface area contributed by atoms with Crippen molar-refractivity contribution >= 4 is 46.4 Å². The molecule has 1 aliphatic heterocycles. The molecule has 11 heteroatoms. The number of hydrogen-bond donors (Lipinski definition) is 2. The Kier molecular flexibility index (Phi) is 5.48. The van der Waals surface area contributed by atoms with Gasteiger partial charge in [-0.15, -0.1) is 0 Å². The van der Waals surface area contributed by atoms with Crippen LogP contribution in [0.15, 0.2) is 96.1 Å². The van der Waals surface area contributed by atoms with Crippen molar-refractivity contribution in [3.63, 3.8) is 0 Å². The molecule has 44 heavy (non-hydrogen) atoms. The molecule has 4 aromatic carbocycles. The lowest BCUT2D eigenvalue weighted by molar-refractivity contribution is -0.384. The fourth-order valence-electron chi connectivity index (χ4n) is 7.45. The summed E-state index contributed by atoms with van der Waals surface area (Å²) >= 11 is 0. The molecule has 2 N–H and O–H groups in total. The molecule has 2 amide bonds. The maximum absolute atomic E-state index is 14.6. The van der Waals surface area contributed by atoms with E-state index < -0.39 is 28.1 Å². The molecule has 0 unspecified atom stereocenters. The number of hydrogen-bond acceptors (Lipinski definition) is 8. The van der Waals surface area contributed by atoms with E-state index in [0.29, 0.717) is 5.95 Å². The molecule has 5 aromatic rings. The van der Waals surface area contributed by atoms with Gasteiger partial charge in [0, 0.05) is 18.2 Å². The normalized spacial score (nSPS) is 23.1. The number of benzene rings is 4. The number of anilines is 2. The van der Waals surface area contributed by atoms with Crippen molar-refractivity contribution in [2.75, 3.05) is 17.4 Å². The number of aromatic nitrogens is 2. The van der Waals surface area contributed by atoms with Crippen LogP contribution in [0.1, 0.15) is 28.2 Å². The van der Waals surface area contributed by atoms with Gasteiger partial charge < -0.3 is 9.72 Å². The Bertz CT molecular complexity index is 1990. The SMILES string of the molecule is COc1cc([N+](=O)[O-])ccc1N1C(=O)[C@@H]2C3c4ccccc4C(/C=N\Nc4nc5ccccc5[nH]4)(c4ccccc43)[C@@H]2C1=O. The van der Waals surface area contributed by atoms with Crippen molar-refractivity contribution in [1.82, 2.24) is 9.97 Å². The molecule has 216 valence electrons. The second kappa shape index (κ2) is 9.33. The van der Waals surface area contributed by atoms with Gasteiger partial charge in [0.25, 0.3) is 5.69 Å². The number of ether oxygens (including phenoxy) is 1. The van der Waals surface area contributed by atoms with Crippen LogP contribution in [0.4, 0.5) is 17.3 Å². The Morgan fingerprint density at radius 2 is 1.66 bits per heavy atom. The van der Waals surface area contributed by atoms with Crippen LogP contribution in [0, 0.1) is 22.0 Å². The van der Waals surface area contributed by atoms with E-state index in [9.17, 15) is 19.7 Å². The zero-order valence-electron chi connectivity index (χ0n) is 23.3. The summed E-state index contributed by atoms with van der Waals surface area (Å²) < 4.78 is 5.46. The average Bonchev–Trinajstić information content (AvgIpc) is 3.58. The molecule has 0 radical (unpaired) electrons. The van der Waals surface area contributed by atoms with Crippen LogP contribution in [0.3, 0.4) is 0 Å². The molecule has 11 nitrogen and oxygen atoms in total. The summed E-state index contributed by atoms with van der Waals surface area (Å²) in [4.78, 5) is 48.8. The second-order valence-corrected chi connectivity index (χ2v) is 11.1. The number of nitrogens with one attached hydrogen (secondary N) is 2. The fraction of sp³-hybridized carbons (Fsp3) is 0.152. The maximum atomic E-state index is 14.6. The molecule has 9 rings (SSSR count). The third-order valence-electron chi connectivity index (χ3n) is 9.13. The minimum Gasteiger partial charge on any atom is -0.494 e. The van der Waals surface area contributed by atoms with Gasteiger partial charge in [-0.05, 0) is 40.5 Å². The highest BCUT2D eigenvalue weighted by Crippen LogP contribution is 2.64. The number of carbonyl (C=O) groups excluding carboxylic acids is 2. The van der Waals surface area contributed by atoms with Gasteiger partial charge >= 0.3 is 0 Å². The van der Waals surface area contributed by atoms with Crippen LogP contribution in [0.2, 0.25) is 0 Å². The minimum absolute atomic E-state index is 0.0659. The van der Waals surface area contributed by atoms with Crippen LogP contribution < -0.4 is 15.1 Å². The molecule has 1 aromatic heterocycles. The highest BCUT2D eigenvalue weighted by molar-refractivity contribution is 6.25. The number of imide groups is 1. The molecule has 0 saturated carbocycles. The Morgan fingerprint density at radius 3 is 2.34 bits per heavy atom. The van der Waals surface area contributed by atoms with E-state index in [1.54, 1.807) is 6.21 Å². The number of rotatable bonds is 6. The van der Waals surface area contributed by atoms with Gasteiger partial charge in [-0.2, -0.15) is 5.10 Å². The lowest BCUT2D eigenvalue weighted by atomic mass is 9.47. The molecule has 3 aliphatic carbocycles. The fourth-order valence-corrected chi connectivity index (χ4v) is 7.45. The summed E-state index contributed by atoms with van der Waals surface area (Å²) in [5.74, 6) is -2.23. The number of nitro groups is 1.